The Bertz CT molecular complexity index is 2970. The van der Waals surface area contributed by atoms with E-state index in [0.717, 1.165) is 0 Å². The molecule has 0 aromatic heterocycles. The zero-order valence-electron chi connectivity index (χ0n) is 31.2. The zero-order valence-corrected chi connectivity index (χ0v) is 31.2. The number of benzene rings is 9. The van der Waals surface area contributed by atoms with Crippen LogP contribution in [0.4, 0.5) is 0 Å². The average Bonchev–Trinajstić information content (AvgIpc) is 3.59. The molecular weight excluding hydrogens is 649 g/mol. The Hall–Kier alpha value is -6.24. The number of fused-ring (bicyclic) bond motifs is 10. The van der Waals surface area contributed by atoms with E-state index in [2.05, 4.69) is 198 Å². The topological polar surface area (TPSA) is 0 Å². The van der Waals surface area contributed by atoms with E-state index in [4.69, 9.17) is 0 Å². The quantitative estimate of drug-likeness (QED) is 0.162. The fourth-order valence-electron chi connectivity index (χ4n) is 10.4. The van der Waals surface area contributed by atoms with Gasteiger partial charge in [-0.2, -0.15) is 0 Å². The Morgan fingerprint density at radius 3 is 1.37 bits per heavy atom. The maximum absolute atomic E-state index is 2.52. The minimum absolute atomic E-state index is 0.0902. The van der Waals surface area contributed by atoms with Crippen LogP contribution in [0.15, 0.2) is 170 Å². The van der Waals surface area contributed by atoms with Crippen molar-refractivity contribution in [2.24, 2.45) is 0 Å². The summed E-state index contributed by atoms with van der Waals surface area (Å²) in [6.45, 7) is 9.68. The molecule has 0 radical (unpaired) electrons. The zero-order chi connectivity index (χ0) is 36.3. The molecule has 9 aromatic rings. The Balaban J connectivity index is 1.13. The summed E-state index contributed by atoms with van der Waals surface area (Å²) >= 11 is 0. The summed E-state index contributed by atoms with van der Waals surface area (Å²) in [6, 6.07) is 63.7. The average molecular weight is 689 g/mol. The molecule has 0 aliphatic heterocycles. The Kier molecular flexibility index (Phi) is 6.46. The van der Waals surface area contributed by atoms with E-state index >= 15 is 0 Å². The molecule has 0 saturated carbocycles. The van der Waals surface area contributed by atoms with Crippen molar-refractivity contribution in [3.63, 3.8) is 0 Å². The van der Waals surface area contributed by atoms with E-state index in [1.54, 1.807) is 0 Å². The van der Waals surface area contributed by atoms with Crippen LogP contribution in [0.3, 0.4) is 0 Å². The predicted octanol–water partition coefficient (Wildman–Crippen LogP) is 14.8. The van der Waals surface area contributed by atoms with Crippen LogP contribution < -0.4 is 0 Å². The number of hydrogen-bond donors (Lipinski definition) is 0. The van der Waals surface area contributed by atoms with Gasteiger partial charge in [-0.15, -0.1) is 0 Å². The summed E-state index contributed by atoms with van der Waals surface area (Å²) < 4.78 is 0. The van der Waals surface area contributed by atoms with Gasteiger partial charge in [0.25, 0.3) is 0 Å². The fraction of sp³-hybridized carbons (Fsp3) is 0.111. The van der Waals surface area contributed by atoms with Crippen LogP contribution in [-0.2, 0) is 10.8 Å². The van der Waals surface area contributed by atoms with Crippen molar-refractivity contribution in [1.82, 2.24) is 0 Å². The second kappa shape index (κ2) is 11.1. The first kappa shape index (κ1) is 31.3. The summed E-state index contributed by atoms with van der Waals surface area (Å²) in [4.78, 5) is 0. The molecule has 256 valence electrons. The van der Waals surface area contributed by atoms with Gasteiger partial charge >= 0.3 is 0 Å². The monoisotopic (exact) mass is 688 g/mol. The highest BCUT2D eigenvalue weighted by Gasteiger charge is 2.46. The fourth-order valence-corrected chi connectivity index (χ4v) is 10.4. The minimum Gasteiger partial charge on any atom is -0.0619 e. The molecule has 54 heavy (non-hydrogen) atoms. The first-order valence-electron chi connectivity index (χ1n) is 19.3. The minimum atomic E-state index is -0.134. The summed E-state index contributed by atoms with van der Waals surface area (Å²) in [5, 5.41) is 7.65. The molecular formula is C54H40. The van der Waals surface area contributed by atoms with E-state index in [9.17, 15) is 0 Å². The molecule has 0 N–H and O–H groups in total. The second-order valence-electron chi connectivity index (χ2n) is 16.4. The Morgan fingerprint density at radius 1 is 0.296 bits per heavy atom. The van der Waals surface area contributed by atoms with Crippen LogP contribution in [-0.4, -0.2) is 0 Å². The van der Waals surface area contributed by atoms with Crippen molar-refractivity contribution >= 4 is 32.3 Å². The molecule has 2 aliphatic rings. The molecule has 9 aromatic carbocycles. The maximum atomic E-state index is 2.52. The van der Waals surface area contributed by atoms with Crippen molar-refractivity contribution in [2.75, 3.05) is 0 Å². The third-order valence-corrected chi connectivity index (χ3v) is 12.8. The Labute approximate surface area is 317 Å². The third-order valence-electron chi connectivity index (χ3n) is 12.8. The number of hydrogen-bond acceptors (Lipinski definition) is 0. The summed E-state index contributed by atoms with van der Waals surface area (Å²) in [5.74, 6) is 0. The van der Waals surface area contributed by atoms with Gasteiger partial charge in [0.1, 0.15) is 0 Å². The van der Waals surface area contributed by atoms with Gasteiger partial charge in [-0.05, 0) is 122 Å². The standard InChI is InChI=1S/C54H40/c1-53(2)46-23-13-11-17-38(46)45-32-44(51-50(52(45)53)43-22-12-14-24-47(43)54(51,3)4)34-26-28-35(29-27-34)48-39-18-7-9-20-41(39)49(42-21-10-8-19-40(42)48)37-30-25-33-15-5-6-16-36(33)31-37/h5-32H,1-4H3. The number of rotatable bonds is 3. The molecule has 0 fully saturated rings. The van der Waals surface area contributed by atoms with Crippen LogP contribution in [0.25, 0.3) is 88.0 Å². The van der Waals surface area contributed by atoms with Crippen molar-refractivity contribution in [3.8, 4) is 55.6 Å². The second-order valence-corrected chi connectivity index (χ2v) is 16.4. The third kappa shape index (κ3) is 4.20. The highest BCUT2D eigenvalue weighted by molar-refractivity contribution is 6.21. The van der Waals surface area contributed by atoms with E-state index < -0.39 is 0 Å². The molecule has 0 amide bonds. The van der Waals surface area contributed by atoms with Gasteiger partial charge < -0.3 is 0 Å². The van der Waals surface area contributed by atoms with Crippen molar-refractivity contribution < 1.29 is 0 Å². The molecule has 0 atom stereocenters. The predicted molar refractivity (Wildman–Crippen MR) is 230 cm³/mol. The van der Waals surface area contributed by atoms with Crippen LogP contribution in [0, 0.1) is 0 Å². The first-order chi connectivity index (χ1) is 26.3. The molecule has 0 unspecified atom stereocenters. The summed E-state index contributed by atoms with van der Waals surface area (Å²) in [6.07, 6.45) is 0. The lowest BCUT2D eigenvalue weighted by atomic mass is 9.74. The van der Waals surface area contributed by atoms with Crippen molar-refractivity contribution in [1.29, 1.82) is 0 Å². The summed E-state index contributed by atoms with van der Waals surface area (Å²) in [5.41, 5.74) is 18.8. The Morgan fingerprint density at radius 2 is 0.741 bits per heavy atom. The molecule has 0 heterocycles. The lowest BCUT2D eigenvalue weighted by molar-refractivity contribution is 0.648. The SMILES string of the molecule is CC1(C)c2ccccc2-c2c1c(-c1ccc(-c3c4ccccc4c(-c4ccc5ccccc5c4)c4ccccc34)cc1)cc1c2C(C)(C)c2ccccc2-1. The van der Waals surface area contributed by atoms with Crippen molar-refractivity contribution in [2.45, 2.75) is 38.5 Å². The van der Waals surface area contributed by atoms with Gasteiger partial charge in [0.05, 0.1) is 0 Å². The van der Waals surface area contributed by atoms with Crippen LogP contribution in [0.1, 0.15) is 49.9 Å². The van der Waals surface area contributed by atoms with E-state index in [-0.39, 0.29) is 10.8 Å². The van der Waals surface area contributed by atoms with Gasteiger partial charge in [-0.25, -0.2) is 0 Å². The first-order valence-corrected chi connectivity index (χ1v) is 19.3. The highest BCUT2D eigenvalue weighted by atomic mass is 14.5. The molecule has 2 aliphatic carbocycles. The molecule has 0 spiro atoms. The van der Waals surface area contributed by atoms with Crippen LogP contribution in [0.2, 0.25) is 0 Å². The van der Waals surface area contributed by atoms with Gasteiger partial charge in [-0.1, -0.05) is 185 Å². The molecule has 11 rings (SSSR count). The van der Waals surface area contributed by atoms with Gasteiger partial charge in [0, 0.05) is 10.8 Å². The lowest BCUT2D eigenvalue weighted by Crippen LogP contribution is -2.19. The lowest BCUT2D eigenvalue weighted by Gasteiger charge is -2.29. The van der Waals surface area contributed by atoms with Gasteiger partial charge in [-0.3, -0.25) is 0 Å². The van der Waals surface area contributed by atoms with E-state index in [1.807, 2.05) is 0 Å². The molecule has 0 saturated heterocycles. The van der Waals surface area contributed by atoms with Gasteiger partial charge in [0.2, 0.25) is 0 Å². The van der Waals surface area contributed by atoms with Crippen LogP contribution >= 0.6 is 0 Å². The van der Waals surface area contributed by atoms with Gasteiger partial charge in [0.15, 0.2) is 0 Å². The molecule has 0 nitrogen and oxygen atoms in total. The molecule has 0 heteroatoms. The van der Waals surface area contributed by atoms with Crippen LogP contribution in [0.5, 0.6) is 0 Å². The van der Waals surface area contributed by atoms with E-state index in [0.29, 0.717) is 0 Å². The maximum Gasteiger partial charge on any atom is 0.0165 e. The van der Waals surface area contributed by atoms with E-state index in [1.165, 1.54) is 110 Å². The smallest absolute Gasteiger partial charge is 0.0165 e. The summed E-state index contributed by atoms with van der Waals surface area (Å²) in [7, 11) is 0. The molecule has 0 bridgehead atoms. The highest BCUT2D eigenvalue weighted by Crippen LogP contribution is 2.61. The largest absolute Gasteiger partial charge is 0.0619 e. The normalized spacial score (nSPS) is 14.6. The van der Waals surface area contributed by atoms with Crippen molar-refractivity contribution in [3.05, 3.63) is 192 Å².